The van der Waals surface area contributed by atoms with E-state index in [9.17, 15) is 4.79 Å². The summed E-state index contributed by atoms with van der Waals surface area (Å²) in [5.41, 5.74) is 2.03. The highest BCUT2D eigenvalue weighted by Crippen LogP contribution is 2.21. The van der Waals surface area contributed by atoms with Gasteiger partial charge in [0.25, 0.3) is 0 Å². The van der Waals surface area contributed by atoms with Gasteiger partial charge in [0, 0.05) is 10.0 Å². The number of halogens is 1. The van der Waals surface area contributed by atoms with Gasteiger partial charge in [-0.05, 0) is 24.6 Å². The van der Waals surface area contributed by atoms with E-state index >= 15 is 0 Å². The van der Waals surface area contributed by atoms with Crippen LogP contribution in [0.3, 0.4) is 0 Å². The number of carbonyl (C=O) groups excluding carboxylic acids is 1. The van der Waals surface area contributed by atoms with Gasteiger partial charge in [0.15, 0.2) is 5.82 Å². The standard InChI is InChI=1S/C18H17BrN4OS/c1-12(13-5-3-2-4-6-13)20-16(24)11-25-18-21-17(22-23-18)14-7-9-15(19)10-8-14/h2-10,12H,11H2,1H3,(H,20,24)(H,21,22,23). The van der Waals surface area contributed by atoms with E-state index in [2.05, 4.69) is 36.4 Å². The van der Waals surface area contributed by atoms with Crippen molar-refractivity contribution in [2.75, 3.05) is 5.75 Å². The summed E-state index contributed by atoms with van der Waals surface area (Å²) in [4.78, 5) is 16.5. The maximum Gasteiger partial charge on any atom is 0.230 e. The van der Waals surface area contributed by atoms with E-state index < -0.39 is 0 Å². The van der Waals surface area contributed by atoms with Crippen LogP contribution < -0.4 is 5.32 Å². The van der Waals surface area contributed by atoms with E-state index in [1.165, 1.54) is 11.8 Å². The molecule has 0 fully saturated rings. The Bertz CT molecular complexity index is 836. The monoisotopic (exact) mass is 416 g/mol. The van der Waals surface area contributed by atoms with Gasteiger partial charge in [-0.2, -0.15) is 0 Å². The summed E-state index contributed by atoms with van der Waals surface area (Å²) in [5.74, 6) is 0.916. The third-order valence-corrected chi connectivity index (χ3v) is 4.97. The molecule has 0 saturated heterocycles. The fourth-order valence-electron chi connectivity index (χ4n) is 2.29. The van der Waals surface area contributed by atoms with Gasteiger partial charge in [-0.1, -0.05) is 70.2 Å². The van der Waals surface area contributed by atoms with E-state index in [0.717, 1.165) is 15.6 Å². The Morgan fingerprint density at radius 3 is 2.64 bits per heavy atom. The maximum absolute atomic E-state index is 12.1. The first-order valence-electron chi connectivity index (χ1n) is 7.77. The molecule has 2 aromatic carbocycles. The normalized spacial score (nSPS) is 11.9. The molecule has 1 heterocycles. The van der Waals surface area contributed by atoms with E-state index in [4.69, 9.17) is 0 Å². The molecule has 3 rings (SSSR count). The Morgan fingerprint density at radius 2 is 1.92 bits per heavy atom. The summed E-state index contributed by atoms with van der Waals surface area (Å²) >= 11 is 4.72. The second-order valence-electron chi connectivity index (χ2n) is 5.46. The first-order valence-corrected chi connectivity index (χ1v) is 9.55. The lowest BCUT2D eigenvalue weighted by Crippen LogP contribution is -2.28. The van der Waals surface area contributed by atoms with Gasteiger partial charge in [0.1, 0.15) is 0 Å². The van der Waals surface area contributed by atoms with E-state index in [0.29, 0.717) is 11.0 Å². The minimum absolute atomic E-state index is 0.0280. The molecule has 0 saturated carbocycles. The molecule has 5 nitrogen and oxygen atoms in total. The van der Waals surface area contributed by atoms with E-state index in [1.807, 2.05) is 61.5 Å². The third-order valence-electron chi connectivity index (χ3n) is 3.59. The molecule has 0 aliphatic heterocycles. The van der Waals surface area contributed by atoms with Gasteiger partial charge in [-0.15, -0.1) is 5.10 Å². The minimum atomic E-state index is -0.0451. The summed E-state index contributed by atoms with van der Waals surface area (Å²) < 4.78 is 1.01. The Labute approximate surface area is 158 Å². The number of aromatic nitrogens is 3. The van der Waals surface area contributed by atoms with Crippen molar-refractivity contribution in [1.82, 2.24) is 20.5 Å². The van der Waals surface area contributed by atoms with Crippen molar-refractivity contribution < 1.29 is 4.79 Å². The molecular weight excluding hydrogens is 400 g/mol. The van der Waals surface area contributed by atoms with Gasteiger partial charge in [0.05, 0.1) is 11.8 Å². The van der Waals surface area contributed by atoms with Crippen LogP contribution in [0.4, 0.5) is 0 Å². The third kappa shape index (κ3) is 4.93. The number of nitrogens with one attached hydrogen (secondary N) is 2. The second-order valence-corrected chi connectivity index (χ2v) is 7.32. The molecule has 0 aliphatic carbocycles. The number of hydrogen-bond acceptors (Lipinski definition) is 4. The Hall–Kier alpha value is -2.12. The van der Waals surface area contributed by atoms with Gasteiger partial charge < -0.3 is 5.32 Å². The van der Waals surface area contributed by atoms with Gasteiger partial charge in [-0.3, -0.25) is 9.89 Å². The first kappa shape index (κ1) is 17.7. The van der Waals surface area contributed by atoms with E-state index in [-0.39, 0.29) is 17.7 Å². The molecule has 128 valence electrons. The molecule has 0 radical (unpaired) electrons. The fourth-order valence-corrected chi connectivity index (χ4v) is 3.16. The number of nitrogens with zero attached hydrogens (tertiary/aromatic N) is 2. The first-order chi connectivity index (χ1) is 12.1. The number of rotatable bonds is 6. The van der Waals surface area contributed by atoms with Gasteiger partial charge in [-0.25, -0.2) is 4.98 Å². The van der Waals surface area contributed by atoms with Crippen LogP contribution in [0.25, 0.3) is 11.4 Å². The maximum atomic E-state index is 12.1. The number of benzene rings is 2. The summed E-state index contributed by atoms with van der Waals surface area (Å²) in [6.45, 7) is 1.97. The molecule has 1 amide bonds. The second kappa shape index (κ2) is 8.31. The van der Waals surface area contributed by atoms with Crippen LogP contribution in [0.1, 0.15) is 18.5 Å². The lowest BCUT2D eigenvalue weighted by molar-refractivity contribution is -0.119. The van der Waals surface area contributed by atoms with E-state index in [1.54, 1.807) is 0 Å². The molecule has 7 heteroatoms. The SMILES string of the molecule is CC(NC(=O)CSc1n[nH]c(-c2ccc(Br)cc2)n1)c1ccccc1. The zero-order valence-electron chi connectivity index (χ0n) is 13.6. The van der Waals surface area contributed by atoms with Gasteiger partial charge in [0.2, 0.25) is 11.1 Å². The van der Waals surface area contributed by atoms with Crippen molar-refractivity contribution in [3.05, 3.63) is 64.6 Å². The number of thioether (sulfide) groups is 1. The predicted molar refractivity (Wildman–Crippen MR) is 103 cm³/mol. The topological polar surface area (TPSA) is 70.7 Å². The molecule has 3 aromatic rings. The Balaban J connectivity index is 1.53. The largest absolute Gasteiger partial charge is 0.349 e. The molecule has 25 heavy (non-hydrogen) atoms. The molecule has 0 bridgehead atoms. The number of aromatic amines is 1. The average molecular weight is 417 g/mol. The summed E-state index contributed by atoms with van der Waals surface area (Å²) in [7, 11) is 0. The highest BCUT2D eigenvalue weighted by atomic mass is 79.9. The lowest BCUT2D eigenvalue weighted by atomic mass is 10.1. The Kier molecular flexibility index (Phi) is 5.88. The highest BCUT2D eigenvalue weighted by Gasteiger charge is 2.12. The number of carbonyl (C=O) groups is 1. The minimum Gasteiger partial charge on any atom is -0.349 e. The fraction of sp³-hybridized carbons (Fsp3) is 0.167. The van der Waals surface area contributed by atoms with Crippen LogP contribution in [0.5, 0.6) is 0 Å². The number of H-pyrrole nitrogens is 1. The molecular formula is C18H17BrN4OS. The van der Waals surface area contributed by atoms with Crippen molar-refractivity contribution in [3.63, 3.8) is 0 Å². The van der Waals surface area contributed by atoms with Crippen LogP contribution in [0.15, 0.2) is 64.2 Å². The van der Waals surface area contributed by atoms with Crippen LogP contribution >= 0.6 is 27.7 Å². The van der Waals surface area contributed by atoms with Gasteiger partial charge >= 0.3 is 0 Å². The zero-order chi connectivity index (χ0) is 17.6. The number of amides is 1. The summed E-state index contributed by atoms with van der Waals surface area (Å²) in [6, 6.07) is 17.6. The molecule has 0 aliphatic rings. The molecule has 0 spiro atoms. The zero-order valence-corrected chi connectivity index (χ0v) is 16.0. The van der Waals surface area contributed by atoms with Crippen molar-refractivity contribution in [1.29, 1.82) is 0 Å². The van der Waals surface area contributed by atoms with Crippen molar-refractivity contribution in [2.24, 2.45) is 0 Å². The smallest absolute Gasteiger partial charge is 0.230 e. The molecule has 2 N–H and O–H groups in total. The lowest BCUT2D eigenvalue weighted by Gasteiger charge is -2.13. The summed E-state index contributed by atoms with van der Waals surface area (Å²) in [6.07, 6.45) is 0. The highest BCUT2D eigenvalue weighted by molar-refractivity contribution is 9.10. The number of hydrogen-bond donors (Lipinski definition) is 2. The molecule has 1 unspecified atom stereocenters. The van der Waals surface area contributed by atoms with Crippen molar-refractivity contribution >= 4 is 33.6 Å². The molecule has 1 aromatic heterocycles. The van der Waals surface area contributed by atoms with Crippen LogP contribution in [-0.4, -0.2) is 26.8 Å². The van der Waals surface area contributed by atoms with Crippen LogP contribution in [0.2, 0.25) is 0 Å². The average Bonchev–Trinajstić information content (AvgIpc) is 3.10. The van der Waals surface area contributed by atoms with Crippen LogP contribution in [0, 0.1) is 0 Å². The summed E-state index contributed by atoms with van der Waals surface area (Å²) in [5, 5.41) is 10.6. The van der Waals surface area contributed by atoms with Crippen molar-refractivity contribution in [3.8, 4) is 11.4 Å². The van der Waals surface area contributed by atoms with Crippen LogP contribution in [-0.2, 0) is 4.79 Å². The quantitative estimate of drug-likeness (QED) is 0.590. The molecule has 1 atom stereocenters. The predicted octanol–water partition coefficient (Wildman–Crippen LogP) is 4.20. The van der Waals surface area contributed by atoms with Crippen molar-refractivity contribution in [2.45, 2.75) is 18.1 Å². The Morgan fingerprint density at radius 1 is 1.20 bits per heavy atom.